The van der Waals surface area contributed by atoms with Crippen LogP contribution < -0.4 is 10.6 Å². The lowest BCUT2D eigenvalue weighted by Crippen LogP contribution is -2.30. The molecule has 0 bridgehead atoms. The van der Waals surface area contributed by atoms with Crippen LogP contribution in [0.4, 0.5) is 5.13 Å². The molecule has 0 radical (unpaired) electrons. The number of aromatic nitrogens is 4. The Hall–Kier alpha value is -3.51. The van der Waals surface area contributed by atoms with Gasteiger partial charge >= 0.3 is 0 Å². The molecule has 0 aromatic carbocycles. The molecule has 4 rings (SSSR count). The van der Waals surface area contributed by atoms with Gasteiger partial charge in [0.05, 0.1) is 17.9 Å². The fraction of sp³-hybridized carbons (Fsp3) is 0.304. The van der Waals surface area contributed by atoms with Crippen molar-refractivity contribution in [3.8, 4) is 0 Å². The summed E-state index contributed by atoms with van der Waals surface area (Å²) in [5.41, 5.74) is 1.32. The van der Waals surface area contributed by atoms with E-state index in [2.05, 4.69) is 30.8 Å². The van der Waals surface area contributed by atoms with Crippen LogP contribution in [0.5, 0.6) is 0 Å². The maximum atomic E-state index is 12.2. The van der Waals surface area contributed by atoms with Crippen molar-refractivity contribution in [1.29, 1.82) is 10.8 Å². The molecule has 0 atom stereocenters. The number of carbonyl (C=O) groups excluding carboxylic acids is 2. The summed E-state index contributed by atoms with van der Waals surface area (Å²) in [6.45, 7) is 0. The van der Waals surface area contributed by atoms with Crippen LogP contribution in [0.1, 0.15) is 41.6 Å². The summed E-state index contributed by atoms with van der Waals surface area (Å²) in [5, 5.41) is 31.4. The van der Waals surface area contributed by atoms with E-state index in [1.165, 1.54) is 11.3 Å². The van der Waals surface area contributed by atoms with Crippen molar-refractivity contribution in [3.63, 3.8) is 0 Å². The molecule has 0 spiro atoms. The summed E-state index contributed by atoms with van der Waals surface area (Å²) in [4.78, 5) is 32.5. The molecule has 12 heteroatoms. The molecule has 1 saturated carbocycles. The number of nitrogens with zero attached hydrogens (tertiary/aromatic N) is 4. The third-order valence-corrected chi connectivity index (χ3v) is 7.08. The largest absolute Gasteiger partial charge is 0.305 e. The van der Waals surface area contributed by atoms with Crippen LogP contribution in [0.2, 0.25) is 0 Å². The predicted octanol–water partition coefficient (Wildman–Crippen LogP) is 3.40. The second kappa shape index (κ2) is 11.8. The molecule has 1 aliphatic rings. The van der Waals surface area contributed by atoms with Crippen LogP contribution in [-0.4, -0.2) is 42.2 Å². The van der Waals surface area contributed by atoms with Gasteiger partial charge in [-0.1, -0.05) is 23.5 Å². The van der Waals surface area contributed by atoms with Gasteiger partial charge in [0.25, 0.3) is 0 Å². The number of hydrogen-bond donors (Lipinski definition) is 4. The number of amides is 2. The van der Waals surface area contributed by atoms with Crippen LogP contribution in [0.25, 0.3) is 0 Å². The molecule has 4 N–H and O–H groups in total. The second-order valence-corrected chi connectivity index (χ2v) is 10.2. The van der Waals surface area contributed by atoms with Crippen LogP contribution >= 0.6 is 23.1 Å². The maximum Gasteiger partial charge on any atom is 0.232 e. The van der Waals surface area contributed by atoms with E-state index < -0.39 is 0 Å². The zero-order valence-corrected chi connectivity index (χ0v) is 20.4. The van der Waals surface area contributed by atoms with E-state index in [9.17, 15) is 9.59 Å². The molecular formula is C23H24N8O2S2. The summed E-state index contributed by atoms with van der Waals surface area (Å²) < 4.78 is 0. The van der Waals surface area contributed by atoms with Gasteiger partial charge in [0.15, 0.2) is 5.17 Å². The number of amidine groups is 1. The van der Waals surface area contributed by atoms with Crippen molar-refractivity contribution in [2.45, 2.75) is 38.0 Å². The van der Waals surface area contributed by atoms with Gasteiger partial charge in [-0.3, -0.25) is 30.4 Å². The first-order chi connectivity index (χ1) is 16.9. The summed E-state index contributed by atoms with van der Waals surface area (Å²) in [5.74, 6) is 0.0761. The van der Waals surface area contributed by atoms with Gasteiger partial charge in [0.2, 0.25) is 16.9 Å². The number of anilines is 1. The molecule has 1 aliphatic carbocycles. The average molecular weight is 509 g/mol. The third-order valence-electron chi connectivity index (χ3n) is 5.36. The van der Waals surface area contributed by atoms with E-state index in [0.29, 0.717) is 33.9 Å². The highest BCUT2D eigenvalue weighted by Crippen LogP contribution is 2.45. The zero-order valence-electron chi connectivity index (χ0n) is 18.7. The number of nitrogens with one attached hydrogen (secondary N) is 4. The number of carbonyl (C=O) groups is 2. The minimum atomic E-state index is -0.322. The van der Waals surface area contributed by atoms with Crippen molar-refractivity contribution in [1.82, 2.24) is 25.5 Å². The lowest BCUT2D eigenvalue weighted by molar-refractivity contribution is -0.119. The Bertz CT molecular complexity index is 1200. The lowest BCUT2D eigenvalue weighted by atomic mass is 9.74. The number of hydrogen-bond acceptors (Lipinski definition) is 10. The van der Waals surface area contributed by atoms with Gasteiger partial charge in [-0.05, 0) is 61.2 Å². The van der Waals surface area contributed by atoms with E-state index in [-0.39, 0.29) is 35.7 Å². The van der Waals surface area contributed by atoms with E-state index in [1.807, 2.05) is 6.07 Å². The smallest absolute Gasteiger partial charge is 0.232 e. The Labute approximate surface area is 210 Å². The topological polar surface area (TPSA) is 157 Å². The highest BCUT2D eigenvalue weighted by atomic mass is 32.2. The van der Waals surface area contributed by atoms with Gasteiger partial charge in [-0.25, -0.2) is 0 Å². The molecule has 3 heterocycles. The maximum absolute atomic E-state index is 12.2. The fourth-order valence-electron chi connectivity index (χ4n) is 3.68. The molecule has 0 aliphatic heterocycles. The SMILES string of the molecule is N=C(CC1CC(c2nnc(NC(=O)Cc3ccccn3)s2)C1)SC(=N)NC(=O)Cc1ccccn1. The van der Waals surface area contributed by atoms with Crippen LogP contribution in [0, 0.1) is 16.7 Å². The quantitative estimate of drug-likeness (QED) is 0.268. The van der Waals surface area contributed by atoms with Crippen molar-refractivity contribution >= 4 is 50.3 Å². The monoisotopic (exact) mass is 508 g/mol. The number of pyridine rings is 2. The molecule has 2 amide bonds. The Kier molecular flexibility index (Phi) is 8.27. The second-order valence-electron chi connectivity index (χ2n) is 8.13. The molecule has 3 aromatic heterocycles. The molecule has 0 unspecified atom stereocenters. The minimum Gasteiger partial charge on any atom is -0.305 e. The summed E-state index contributed by atoms with van der Waals surface area (Å²) in [6, 6.07) is 10.8. The van der Waals surface area contributed by atoms with Crippen molar-refractivity contribution in [3.05, 3.63) is 65.2 Å². The van der Waals surface area contributed by atoms with Gasteiger partial charge in [0, 0.05) is 29.7 Å². The van der Waals surface area contributed by atoms with Crippen LogP contribution in [0.15, 0.2) is 48.8 Å². The Morgan fingerprint density at radius 3 is 2.26 bits per heavy atom. The molecule has 1 fully saturated rings. The van der Waals surface area contributed by atoms with Crippen molar-refractivity contribution in [2.75, 3.05) is 5.32 Å². The number of rotatable bonds is 8. The molecule has 10 nitrogen and oxygen atoms in total. The predicted molar refractivity (Wildman–Crippen MR) is 136 cm³/mol. The van der Waals surface area contributed by atoms with Crippen molar-refractivity contribution < 1.29 is 9.59 Å². The van der Waals surface area contributed by atoms with Gasteiger partial charge in [-0.2, -0.15) is 0 Å². The Morgan fingerprint density at radius 1 is 0.971 bits per heavy atom. The first-order valence-electron chi connectivity index (χ1n) is 11.0. The van der Waals surface area contributed by atoms with E-state index in [1.54, 1.807) is 42.7 Å². The molecule has 35 heavy (non-hydrogen) atoms. The first-order valence-corrected chi connectivity index (χ1v) is 12.6. The summed E-state index contributed by atoms with van der Waals surface area (Å²) >= 11 is 2.34. The first kappa shape index (κ1) is 24.6. The highest BCUT2D eigenvalue weighted by molar-refractivity contribution is 8.26. The van der Waals surface area contributed by atoms with E-state index in [0.717, 1.165) is 29.6 Å². The number of thioether (sulfide) groups is 1. The molecule has 3 aromatic rings. The van der Waals surface area contributed by atoms with Crippen molar-refractivity contribution in [2.24, 2.45) is 5.92 Å². The van der Waals surface area contributed by atoms with Gasteiger partial charge in [-0.15, -0.1) is 10.2 Å². The Balaban J connectivity index is 1.15. The normalized spacial score (nSPS) is 16.7. The molecular weight excluding hydrogens is 484 g/mol. The lowest BCUT2D eigenvalue weighted by Gasteiger charge is -2.33. The zero-order chi connectivity index (χ0) is 24.6. The highest BCUT2D eigenvalue weighted by Gasteiger charge is 2.33. The van der Waals surface area contributed by atoms with E-state index >= 15 is 0 Å². The summed E-state index contributed by atoms with van der Waals surface area (Å²) in [6.07, 6.45) is 5.84. The third kappa shape index (κ3) is 7.49. The molecule has 180 valence electrons. The van der Waals surface area contributed by atoms with Crippen LogP contribution in [-0.2, 0) is 22.4 Å². The Morgan fingerprint density at radius 2 is 1.63 bits per heavy atom. The van der Waals surface area contributed by atoms with E-state index in [4.69, 9.17) is 10.8 Å². The van der Waals surface area contributed by atoms with Gasteiger partial charge < -0.3 is 10.6 Å². The summed E-state index contributed by atoms with van der Waals surface area (Å²) in [7, 11) is 0. The van der Waals surface area contributed by atoms with Gasteiger partial charge in [0.1, 0.15) is 5.01 Å². The van der Waals surface area contributed by atoms with Crippen LogP contribution in [0.3, 0.4) is 0 Å². The minimum absolute atomic E-state index is 0.0537. The average Bonchev–Trinajstić information content (AvgIpc) is 3.24. The molecule has 0 saturated heterocycles. The fourth-order valence-corrected chi connectivity index (χ4v) is 5.29. The standard InChI is InChI=1S/C23H24N8O2S2/c24-18(34-22(25)28-19(32)12-16-5-1-3-7-26-16)11-14-9-15(10-14)21-30-31-23(35-21)29-20(33)13-17-6-2-4-8-27-17/h1-8,14-15,24H,9-13H2,(H2,25,28,32)(H,29,31,33).